The van der Waals surface area contributed by atoms with Gasteiger partial charge in [-0.15, -0.1) is 0 Å². The number of carboxylic acid groups (broad SMARTS) is 1. The highest BCUT2D eigenvalue weighted by Gasteiger charge is 2.17. The highest BCUT2D eigenvalue weighted by molar-refractivity contribution is 5.86. The molecular weight excluding hydrogens is 260 g/mol. The van der Waals surface area contributed by atoms with Gasteiger partial charge in [-0.2, -0.15) is 0 Å². The first kappa shape index (κ1) is 13.2. The summed E-state index contributed by atoms with van der Waals surface area (Å²) in [4.78, 5) is 10.6. The molecule has 0 fully saturated rings. The third-order valence-electron chi connectivity index (χ3n) is 2.43. The van der Waals surface area contributed by atoms with Gasteiger partial charge in [-0.05, 0) is 12.1 Å². The summed E-state index contributed by atoms with van der Waals surface area (Å²) in [7, 11) is 1.36. The van der Waals surface area contributed by atoms with Crippen molar-refractivity contribution in [3.8, 4) is 11.3 Å². The standard InChI is InChI=1S/C12H9F2NO4/c1-18-5-6-2-9(14)7(3-8(6)13)11-4-10(12(16)17)15-19-11/h2-4H,5H2,1H3,(H,16,17). The van der Waals surface area contributed by atoms with Gasteiger partial charge in [0.25, 0.3) is 0 Å². The van der Waals surface area contributed by atoms with E-state index in [4.69, 9.17) is 9.84 Å². The fraction of sp³-hybridized carbons (Fsp3) is 0.167. The zero-order valence-electron chi connectivity index (χ0n) is 9.81. The first-order valence-corrected chi connectivity index (χ1v) is 5.20. The minimum Gasteiger partial charge on any atom is -0.476 e. The molecule has 0 radical (unpaired) electrons. The molecule has 19 heavy (non-hydrogen) atoms. The maximum absolute atomic E-state index is 13.8. The van der Waals surface area contributed by atoms with Gasteiger partial charge in [0.15, 0.2) is 11.5 Å². The average molecular weight is 269 g/mol. The molecule has 1 N–H and O–H groups in total. The second kappa shape index (κ2) is 5.15. The number of hydrogen-bond donors (Lipinski definition) is 1. The summed E-state index contributed by atoms with van der Waals surface area (Å²) in [6, 6.07) is 2.91. The van der Waals surface area contributed by atoms with Crippen LogP contribution in [0.15, 0.2) is 22.7 Å². The number of methoxy groups -OCH3 is 1. The lowest BCUT2D eigenvalue weighted by Gasteiger charge is -2.05. The Morgan fingerprint density at radius 2 is 2.11 bits per heavy atom. The van der Waals surface area contributed by atoms with Crippen molar-refractivity contribution in [1.82, 2.24) is 5.16 Å². The number of aromatic nitrogens is 1. The van der Waals surface area contributed by atoms with Crippen LogP contribution in [-0.4, -0.2) is 23.3 Å². The molecule has 0 aliphatic carbocycles. The molecule has 2 aromatic rings. The van der Waals surface area contributed by atoms with Gasteiger partial charge in [-0.3, -0.25) is 0 Å². The van der Waals surface area contributed by atoms with E-state index in [0.717, 1.165) is 18.2 Å². The van der Waals surface area contributed by atoms with Crippen molar-refractivity contribution >= 4 is 5.97 Å². The zero-order chi connectivity index (χ0) is 14.0. The molecule has 2 rings (SSSR count). The van der Waals surface area contributed by atoms with Gasteiger partial charge < -0.3 is 14.4 Å². The minimum atomic E-state index is -1.31. The summed E-state index contributed by atoms with van der Waals surface area (Å²) in [6.07, 6.45) is 0. The van der Waals surface area contributed by atoms with Crippen LogP contribution in [-0.2, 0) is 11.3 Å². The molecule has 1 aromatic carbocycles. The van der Waals surface area contributed by atoms with Crippen LogP contribution in [0.2, 0.25) is 0 Å². The monoisotopic (exact) mass is 269 g/mol. The Labute approximate surface area is 106 Å². The second-order valence-corrected chi connectivity index (χ2v) is 3.74. The van der Waals surface area contributed by atoms with Gasteiger partial charge in [0.1, 0.15) is 11.6 Å². The first-order chi connectivity index (χ1) is 9.02. The summed E-state index contributed by atoms with van der Waals surface area (Å²) >= 11 is 0. The van der Waals surface area contributed by atoms with Crippen molar-refractivity contribution in [2.45, 2.75) is 6.61 Å². The van der Waals surface area contributed by atoms with Crippen LogP contribution in [0.25, 0.3) is 11.3 Å². The molecule has 1 heterocycles. The van der Waals surface area contributed by atoms with Crippen molar-refractivity contribution in [3.63, 3.8) is 0 Å². The zero-order valence-corrected chi connectivity index (χ0v) is 9.81. The van der Waals surface area contributed by atoms with Gasteiger partial charge >= 0.3 is 5.97 Å². The van der Waals surface area contributed by atoms with Crippen LogP contribution in [0.1, 0.15) is 16.1 Å². The van der Waals surface area contributed by atoms with E-state index in [2.05, 4.69) is 9.68 Å². The number of ether oxygens (including phenoxy) is 1. The summed E-state index contributed by atoms with van der Waals surface area (Å²) in [5.41, 5.74) is -0.519. The van der Waals surface area contributed by atoms with Crippen LogP contribution in [0.3, 0.4) is 0 Å². The van der Waals surface area contributed by atoms with Crippen molar-refractivity contribution in [1.29, 1.82) is 0 Å². The number of halogens is 2. The molecule has 5 nitrogen and oxygen atoms in total. The quantitative estimate of drug-likeness (QED) is 0.923. The molecule has 0 aliphatic rings. The van der Waals surface area contributed by atoms with Crippen LogP contribution in [0.4, 0.5) is 8.78 Å². The van der Waals surface area contributed by atoms with Crippen LogP contribution < -0.4 is 0 Å². The predicted molar refractivity (Wildman–Crippen MR) is 59.5 cm³/mol. The molecule has 0 unspecified atom stereocenters. The molecule has 0 atom stereocenters. The van der Waals surface area contributed by atoms with E-state index in [1.807, 2.05) is 0 Å². The Morgan fingerprint density at radius 3 is 2.68 bits per heavy atom. The van der Waals surface area contributed by atoms with E-state index >= 15 is 0 Å². The number of carbonyl (C=O) groups is 1. The van der Waals surface area contributed by atoms with E-state index in [1.54, 1.807) is 0 Å². The Hall–Kier alpha value is -2.28. The maximum Gasteiger partial charge on any atom is 0.358 e. The van der Waals surface area contributed by atoms with E-state index in [9.17, 15) is 13.6 Å². The molecule has 1 aromatic heterocycles. The van der Waals surface area contributed by atoms with Crippen LogP contribution >= 0.6 is 0 Å². The molecule has 0 saturated carbocycles. The Kier molecular flexibility index (Phi) is 3.57. The van der Waals surface area contributed by atoms with Crippen molar-refractivity contribution in [3.05, 3.63) is 41.1 Å². The predicted octanol–water partition coefficient (Wildman–Crippen LogP) is 2.46. The van der Waals surface area contributed by atoms with Gasteiger partial charge in [0.2, 0.25) is 0 Å². The lowest BCUT2D eigenvalue weighted by molar-refractivity contribution is 0.0686. The Balaban J connectivity index is 2.44. The van der Waals surface area contributed by atoms with Crippen LogP contribution in [0, 0.1) is 11.6 Å². The summed E-state index contributed by atoms with van der Waals surface area (Å²) in [5.74, 6) is -2.89. The smallest absolute Gasteiger partial charge is 0.358 e. The number of aromatic carboxylic acids is 1. The molecule has 0 spiro atoms. The third kappa shape index (κ3) is 2.60. The highest BCUT2D eigenvalue weighted by atomic mass is 19.1. The third-order valence-corrected chi connectivity index (χ3v) is 2.43. The van der Waals surface area contributed by atoms with E-state index in [0.29, 0.717) is 0 Å². The maximum atomic E-state index is 13.8. The largest absolute Gasteiger partial charge is 0.476 e. The highest BCUT2D eigenvalue weighted by Crippen LogP contribution is 2.26. The number of nitrogens with zero attached hydrogens (tertiary/aromatic N) is 1. The molecule has 7 heteroatoms. The van der Waals surface area contributed by atoms with Crippen molar-refractivity contribution in [2.24, 2.45) is 0 Å². The van der Waals surface area contributed by atoms with Gasteiger partial charge in [-0.25, -0.2) is 13.6 Å². The normalized spacial score (nSPS) is 10.7. The number of carboxylic acids is 1. The summed E-state index contributed by atoms with van der Waals surface area (Å²) in [5, 5.41) is 11.9. The van der Waals surface area contributed by atoms with Crippen LogP contribution in [0.5, 0.6) is 0 Å². The van der Waals surface area contributed by atoms with E-state index in [1.165, 1.54) is 7.11 Å². The SMILES string of the molecule is COCc1cc(F)c(-c2cc(C(=O)O)no2)cc1F. The van der Waals surface area contributed by atoms with Crippen molar-refractivity contribution < 1.29 is 27.9 Å². The van der Waals surface area contributed by atoms with Crippen molar-refractivity contribution in [2.75, 3.05) is 7.11 Å². The Morgan fingerprint density at radius 1 is 1.37 bits per heavy atom. The topological polar surface area (TPSA) is 72.6 Å². The number of hydrogen-bond acceptors (Lipinski definition) is 4. The fourth-order valence-corrected chi connectivity index (χ4v) is 1.55. The molecule has 0 aliphatic heterocycles. The molecule has 0 amide bonds. The number of benzene rings is 1. The van der Waals surface area contributed by atoms with E-state index < -0.39 is 17.6 Å². The second-order valence-electron chi connectivity index (χ2n) is 3.74. The van der Waals surface area contributed by atoms with Gasteiger partial charge in [0.05, 0.1) is 12.2 Å². The molecule has 0 saturated heterocycles. The average Bonchev–Trinajstić information content (AvgIpc) is 2.83. The lowest BCUT2D eigenvalue weighted by Crippen LogP contribution is -1.96. The minimum absolute atomic E-state index is 0.0572. The first-order valence-electron chi connectivity index (χ1n) is 5.20. The molecular formula is C12H9F2NO4. The molecule has 100 valence electrons. The Bertz CT molecular complexity index is 624. The lowest BCUT2D eigenvalue weighted by atomic mass is 10.1. The fourth-order valence-electron chi connectivity index (χ4n) is 1.55. The summed E-state index contributed by atoms with van der Waals surface area (Å²) in [6.45, 7) is -0.0696. The summed E-state index contributed by atoms with van der Waals surface area (Å²) < 4.78 is 36.8. The number of rotatable bonds is 4. The van der Waals surface area contributed by atoms with Gasteiger partial charge in [-0.1, -0.05) is 5.16 Å². The van der Waals surface area contributed by atoms with E-state index in [-0.39, 0.29) is 29.2 Å². The molecule has 0 bridgehead atoms. The van der Waals surface area contributed by atoms with Gasteiger partial charge in [0, 0.05) is 18.7 Å².